The first-order chi connectivity index (χ1) is 10.7. The third-order valence-electron chi connectivity index (χ3n) is 3.65. The largest absolute Gasteiger partial charge is 0.335 e. The molecule has 0 heterocycles. The average Bonchev–Trinajstić information content (AvgIpc) is 2.55. The number of hydrogen-bond donors (Lipinski definition) is 3. The number of nitrogens with one attached hydrogen (secondary N) is 3. The van der Waals surface area contributed by atoms with Crippen LogP contribution in [0.4, 0.5) is 10.5 Å². The Morgan fingerprint density at radius 2 is 1.82 bits per heavy atom. The van der Waals surface area contributed by atoms with Crippen molar-refractivity contribution in [2.45, 2.75) is 38.1 Å². The van der Waals surface area contributed by atoms with E-state index in [0.29, 0.717) is 11.3 Å². The number of urea groups is 1. The van der Waals surface area contributed by atoms with Gasteiger partial charge in [-0.2, -0.15) is 5.26 Å². The van der Waals surface area contributed by atoms with Gasteiger partial charge in [0.2, 0.25) is 5.91 Å². The number of hydrogen-bond acceptors (Lipinski definition) is 3. The molecule has 3 N–H and O–H groups in total. The monoisotopic (exact) mass is 300 g/mol. The van der Waals surface area contributed by atoms with E-state index >= 15 is 0 Å². The molecule has 1 aromatic carbocycles. The first kappa shape index (κ1) is 15.8. The highest BCUT2D eigenvalue weighted by Crippen LogP contribution is 2.17. The molecule has 0 saturated heterocycles. The first-order valence-corrected chi connectivity index (χ1v) is 7.52. The van der Waals surface area contributed by atoms with Gasteiger partial charge in [-0.25, -0.2) is 4.79 Å². The highest BCUT2D eigenvalue weighted by Gasteiger charge is 2.15. The van der Waals surface area contributed by atoms with E-state index < -0.39 is 0 Å². The summed E-state index contributed by atoms with van der Waals surface area (Å²) < 4.78 is 0. The van der Waals surface area contributed by atoms with Crippen LogP contribution in [-0.4, -0.2) is 24.5 Å². The van der Waals surface area contributed by atoms with Crippen molar-refractivity contribution >= 4 is 17.6 Å². The molecule has 0 unspecified atom stereocenters. The number of carbonyl (C=O) groups excluding carboxylic acids is 2. The number of amides is 3. The van der Waals surface area contributed by atoms with Crippen LogP contribution in [0.5, 0.6) is 0 Å². The molecule has 22 heavy (non-hydrogen) atoms. The topological polar surface area (TPSA) is 94.0 Å². The molecule has 0 aromatic heterocycles. The van der Waals surface area contributed by atoms with Gasteiger partial charge in [-0.05, 0) is 37.1 Å². The minimum Gasteiger partial charge on any atom is -0.335 e. The molecular formula is C16H20N4O2. The van der Waals surface area contributed by atoms with E-state index in [-0.39, 0.29) is 24.5 Å². The molecule has 6 nitrogen and oxygen atoms in total. The fourth-order valence-electron chi connectivity index (χ4n) is 2.48. The third-order valence-corrected chi connectivity index (χ3v) is 3.65. The number of carbonyl (C=O) groups is 2. The van der Waals surface area contributed by atoms with Crippen molar-refractivity contribution in [1.29, 1.82) is 5.26 Å². The molecule has 2 rings (SSSR count). The lowest BCUT2D eigenvalue weighted by Crippen LogP contribution is -2.45. The van der Waals surface area contributed by atoms with Gasteiger partial charge in [0.05, 0.1) is 18.2 Å². The summed E-state index contributed by atoms with van der Waals surface area (Å²) in [6, 6.07) is 8.47. The SMILES string of the molecule is N#Cc1ccc(NC(=O)CNC(=O)NC2CCCCC2)cc1. The van der Waals surface area contributed by atoms with Crippen molar-refractivity contribution in [2.24, 2.45) is 0 Å². The standard InChI is InChI=1S/C16H20N4O2/c17-10-12-6-8-14(9-7-12)19-15(21)11-18-16(22)20-13-4-2-1-3-5-13/h6-9,13H,1-5,11H2,(H,19,21)(H2,18,20,22). The lowest BCUT2D eigenvalue weighted by atomic mass is 9.96. The predicted octanol–water partition coefficient (Wildman–Crippen LogP) is 2.13. The Labute approximate surface area is 129 Å². The van der Waals surface area contributed by atoms with E-state index in [2.05, 4.69) is 16.0 Å². The van der Waals surface area contributed by atoms with Gasteiger partial charge in [0.15, 0.2) is 0 Å². The number of nitriles is 1. The fraction of sp³-hybridized carbons (Fsp3) is 0.438. The van der Waals surface area contributed by atoms with Crippen LogP contribution in [0.25, 0.3) is 0 Å². The third kappa shape index (κ3) is 5.09. The van der Waals surface area contributed by atoms with Crippen molar-refractivity contribution in [1.82, 2.24) is 10.6 Å². The Kier molecular flexibility index (Phi) is 5.78. The Bertz CT molecular complexity index is 557. The molecule has 0 bridgehead atoms. The van der Waals surface area contributed by atoms with Crippen LogP contribution in [0, 0.1) is 11.3 Å². The molecule has 1 saturated carbocycles. The Hall–Kier alpha value is -2.55. The summed E-state index contributed by atoms with van der Waals surface area (Å²) in [5, 5.41) is 16.8. The summed E-state index contributed by atoms with van der Waals surface area (Å²) in [5.41, 5.74) is 1.13. The normalized spacial score (nSPS) is 14.7. The molecule has 0 spiro atoms. The minimum atomic E-state index is -0.304. The summed E-state index contributed by atoms with van der Waals surface area (Å²) in [4.78, 5) is 23.5. The minimum absolute atomic E-state index is 0.0848. The van der Waals surface area contributed by atoms with Crippen molar-refractivity contribution in [3.63, 3.8) is 0 Å². The Morgan fingerprint density at radius 1 is 1.14 bits per heavy atom. The molecular weight excluding hydrogens is 280 g/mol. The lowest BCUT2D eigenvalue weighted by molar-refractivity contribution is -0.115. The second-order valence-electron chi connectivity index (χ2n) is 5.40. The predicted molar refractivity (Wildman–Crippen MR) is 83.2 cm³/mol. The number of benzene rings is 1. The highest BCUT2D eigenvalue weighted by atomic mass is 16.2. The Morgan fingerprint density at radius 3 is 2.45 bits per heavy atom. The summed E-state index contributed by atoms with van der Waals surface area (Å²) in [6.45, 7) is -0.0848. The number of rotatable bonds is 4. The van der Waals surface area contributed by atoms with Gasteiger partial charge in [0, 0.05) is 11.7 Å². The van der Waals surface area contributed by atoms with Crippen molar-refractivity contribution in [3.05, 3.63) is 29.8 Å². The average molecular weight is 300 g/mol. The summed E-state index contributed by atoms with van der Waals surface area (Å²) in [6.07, 6.45) is 5.52. The van der Waals surface area contributed by atoms with Crippen molar-refractivity contribution in [3.8, 4) is 6.07 Å². The second-order valence-corrected chi connectivity index (χ2v) is 5.40. The van der Waals surface area contributed by atoms with E-state index in [1.54, 1.807) is 24.3 Å². The molecule has 0 aliphatic heterocycles. The van der Waals surface area contributed by atoms with Crippen LogP contribution in [0.1, 0.15) is 37.7 Å². The lowest BCUT2D eigenvalue weighted by Gasteiger charge is -2.22. The Balaban J connectivity index is 1.70. The summed E-state index contributed by atoms with van der Waals surface area (Å²) in [7, 11) is 0. The first-order valence-electron chi connectivity index (χ1n) is 7.52. The van der Waals surface area contributed by atoms with Crippen LogP contribution in [0.2, 0.25) is 0 Å². The maximum atomic E-state index is 11.7. The summed E-state index contributed by atoms with van der Waals surface area (Å²) in [5.74, 6) is -0.302. The van der Waals surface area contributed by atoms with Gasteiger partial charge >= 0.3 is 6.03 Å². The zero-order chi connectivity index (χ0) is 15.8. The molecule has 1 aromatic rings. The number of anilines is 1. The fourth-order valence-corrected chi connectivity index (χ4v) is 2.48. The quantitative estimate of drug-likeness (QED) is 0.795. The zero-order valence-electron chi connectivity index (χ0n) is 12.4. The van der Waals surface area contributed by atoms with Crippen LogP contribution in [0.3, 0.4) is 0 Å². The van der Waals surface area contributed by atoms with Crippen LogP contribution in [0.15, 0.2) is 24.3 Å². The van der Waals surface area contributed by atoms with Gasteiger partial charge in [-0.3, -0.25) is 4.79 Å². The molecule has 1 aliphatic rings. The molecule has 0 radical (unpaired) electrons. The highest BCUT2D eigenvalue weighted by molar-refractivity contribution is 5.94. The molecule has 116 valence electrons. The molecule has 1 fully saturated rings. The van der Waals surface area contributed by atoms with E-state index in [1.165, 1.54) is 6.42 Å². The van der Waals surface area contributed by atoms with Gasteiger partial charge in [0.25, 0.3) is 0 Å². The van der Waals surface area contributed by atoms with Crippen molar-refractivity contribution in [2.75, 3.05) is 11.9 Å². The van der Waals surface area contributed by atoms with Gasteiger partial charge in [-0.1, -0.05) is 19.3 Å². The maximum Gasteiger partial charge on any atom is 0.315 e. The van der Waals surface area contributed by atoms with Crippen molar-refractivity contribution < 1.29 is 9.59 Å². The molecule has 6 heteroatoms. The smallest absolute Gasteiger partial charge is 0.315 e. The molecule has 3 amide bonds. The second kappa shape index (κ2) is 8.03. The molecule has 1 aliphatic carbocycles. The van der Waals surface area contributed by atoms with E-state index in [1.807, 2.05) is 6.07 Å². The van der Waals surface area contributed by atoms with Gasteiger partial charge < -0.3 is 16.0 Å². The van der Waals surface area contributed by atoms with Gasteiger partial charge in [-0.15, -0.1) is 0 Å². The van der Waals surface area contributed by atoms with Gasteiger partial charge in [0.1, 0.15) is 0 Å². The summed E-state index contributed by atoms with van der Waals surface area (Å²) >= 11 is 0. The van der Waals surface area contributed by atoms with Crippen LogP contribution >= 0.6 is 0 Å². The number of nitrogens with zero attached hydrogens (tertiary/aromatic N) is 1. The van der Waals surface area contributed by atoms with E-state index in [9.17, 15) is 9.59 Å². The maximum absolute atomic E-state index is 11.7. The van der Waals surface area contributed by atoms with E-state index in [4.69, 9.17) is 5.26 Å². The van der Waals surface area contributed by atoms with E-state index in [0.717, 1.165) is 25.7 Å². The van der Waals surface area contributed by atoms with Crippen LogP contribution < -0.4 is 16.0 Å². The molecule has 0 atom stereocenters. The zero-order valence-corrected chi connectivity index (χ0v) is 12.4. The van der Waals surface area contributed by atoms with Crippen LogP contribution in [-0.2, 0) is 4.79 Å².